The van der Waals surface area contributed by atoms with E-state index in [1.807, 2.05) is 0 Å². The lowest BCUT2D eigenvalue weighted by molar-refractivity contribution is 0.527. The molecule has 1 atom stereocenters. The Morgan fingerprint density at radius 2 is 2.20 bits per heavy atom. The van der Waals surface area contributed by atoms with Crippen molar-refractivity contribution in [2.45, 2.75) is 26.2 Å². The molecule has 1 aliphatic rings. The summed E-state index contributed by atoms with van der Waals surface area (Å²) >= 11 is 0. The summed E-state index contributed by atoms with van der Waals surface area (Å²) in [7, 11) is 0. The molecule has 0 aromatic carbocycles. The lowest BCUT2D eigenvalue weighted by Gasteiger charge is -2.09. The molecule has 1 aliphatic carbocycles. The maximum atomic E-state index is 8.35. The number of isocyanates is 1. The molecule has 0 bridgehead atoms. The summed E-state index contributed by atoms with van der Waals surface area (Å²) < 4.78 is 0. The molecule has 0 spiro atoms. The van der Waals surface area contributed by atoms with E-state index in [4.69, 9.17) is 10.2 Å². The lowest BCUT2D eigenvalue weighted by Crippen LogP contribution is -1.94. The van der Waals surface area contributed by atoms with Crippen LogP contribution in [0, 0.1) is 11.3 Å². The van der Waals surface area contributed by atoms with Gasteiger partial charge in [-0.1, -0.05) is 19.1 Å². The molecule has 0 saturated heterocycles. The van der Waals surface area contributed by atoms with Crippen LogP contribution in [0.1, 0.15) is 26.2 Å². The SMILES string of the molecule is CC1CC=CCC1.N=C=O. The Morgan fingerprint density at radius 3 is 2.40 bits per heavy atom. The van der Waals surface area contributed by atoms with E-state index >= 15 is 0 Å². The van der Waals surface area contributed by atoms with Crippen molar-refractivity contribution in [3.05, 3.63) is 12.2 Å². The molecule has 1 rings (SSSR count). The Hall–Kier alpha value is -0.880. The third kappa shape index (κ3) is 5.26. The van der Waals surface area contributed by atoms with Crippen molar-refractivity contribution in [1.82, 2.24) is 0 Å². The van der Waals surface area contributed by atoms with E-state index in [-0.39, 0.29) is 0 Å². The zero-order chi connectivity index (χ0) is 7.82. The highest BCUT2D eigenvalue weighted by Crippen LogP contribution is 2.15. The molecule has 2 heteroatoms. The molecule has 0 aliphatic heterocycles. The topological polar surface area (TPSA) is 40.9 Å². The van der Waals surface area contributed by atoms with Crippen LogP contribution < -0.4 is 0 Å². The van der Waals surface area contributed by atoms with Gasteiger partial charge in [-0.15, -0.1) is 0 Å². The van der Waals surface area contributed by atoms with Gasteiger partial charge in [0.15, 0.2) is 0 Å². The van der Waals surface area contributed by atoms with E-state index < -0.39 is 0 Å². The second kappa shape index (κ2) is 6.24. The van der Waals surface area contributed by atoms with Crippen LogP contribution in [0.3, 0.4) is 0 Å². The van der Waals surface area contributed by atoms with Crippen molar-refractivity contribution in [3.8, 4) is 0 Å². The minimum atomic E-state index is 0.750. The van der Waals surface area contributed by atoms with Gasteiger partial charge in [0.1, 0.15) is 0 Å². The van der Waals surface area contributed by atoms with Gasteiger partial charge in [-0.25, -0.2) is 10.2 Å². The highest BCUT2D eigenvalue weighted by molar-refractivity contribution is 5.26. The highest BCUT2D eigenvalue weighted by atomic mass is 16.1. The zero-order valence-electron chi connectivity index (χ0n) is 6.26. The Bertz CT molecular complexity index is 134. The first-order valence-corrected chi connectivity index (χ1v) is 3.50. The number of rotatable bonds is 0. The van der Waals surface area contributed by atoms with E-state index in [0.717, 1.165) is 12.0 Å². The Kier molecular flexibility index (Phi) is 5.69. The molecule has 0 radical (unpaired) electrons. The van der Waals surface area contributed by atoms with Crippen LogP contribution in [0.5, 0.6) is 0 Å². The van der Waals surface area contributed by atoms with Gasteiger partial charge in [-0.2, -0.15) is 0 Å². The van der Waals surface area contributed by atoms with Crippen LogP contribution in [0.2, 0.25) is 0 Å². The monoisotopic (exact) mass is 139 g/mol. The van der Waals surface area contributed by atoms with Gasteiger partial charge in [0.25, 0.3) is 0 Å². The number of allylic oxidation sites excluding steroid dienone is 2. The molecular weight excluding hydrogens is 126 g/mol. The van der Waals surface area contributed by atoms with Crippen molar-refractivity contribution in [2.75, 3.05) is 0 Å². The number of hydrogen-bond donors (Lipinski definition) is 1. The van der Waals surface area contributed by atoms with Crippen LogP contribution >= 0.6 is 0 Å². The van der Waals surface area contributed by atoms with Crippen molar-refractivity contribution >= 4 is 6.08 Å². The fraction of sp³-hybridized carbons (Fsp3) is 0.625. The van der Waals surface area contributed by atoms with Crippen LogP contribution in [0.25, 0.3) is 0 Å². The first-order valence-electron chi connectivity index (χ1n) is 3.50. The van der Waals surface area contributed by atoms with E-state index in [2.05, 4.69) is 19.1 Å². The summed E-state index contributed by atoms with van der Waals surface area (Å²) in [4.78, 5) is 8.35. The maximum Gasteiger partial charge on any atom is 0.231 e. The van der Waals surface area contributed by atoms with Crippen LogP contribution in [0.15, 0.2) is 12.2 Å². The number of carbonyl (C=O) groups excluding carboxylic acids is 1. The Labute approximate surface area is 61.5 Å². The standard InChI is InChI=1S/C7H12.CHNO/c1-7-5-3-2-4-6-7;2-1-3/h2-3,7H,4-6H2,1H3;2H. The predicted molar refractivity (Wildman–Crippen MR) is 40.6 cm³/mol. The van der Waals surface area contributed by atoms with E-state index in [1.54, 1.807) is 0 Å². The van der Waals surface area contributed by atoms with Gasteiger partial charge in [-0.05, 0) is 25.2 Å². The normalized spacial score (nSPS) is 22.3. The summed E-state index contributed by atoms with van der Waals surface area (Å²) in [6.45, 7) is 2.31. The highest BCUT2D eigenvalue weighted by Gasteiger charge is 2.00. The maximum absolute atomic E-state index is 8.35. The lowest BCUT2D eigenvalue weighted by atomic mass is 9.97. The fourth-order valence-electron chi connectivity index (χ4n) is 0.945. The summed E-state index contributed by atoms with van der Waals surface area (Å²) in [5, 5.41) is 5.40. The first-order chi connectivity index (χ1) is 4.81. The molecule has 0 aromatic rings. The van der Waals surface area contributed by atoms with Crippen molar-refractivity contribution < 1.29 is 4.79 Å². The van der Waals surface area contributed by atoms with Crippen molar-refractivity contribution in [2.24, 2.45) is 5.92 Å². The van der Waals surface area contributed by atoms with Crippen LogP contribution in [-0.4, -0.2) is 6.08 Å². The van der Waals surface area contributed by atoms with E-state index in [9.17, 15) is 0 Å². The average Bonchev–Trinajstić information content (AvgIpc) is 1.91. The molecular formula is C8H13NO. The average molecular weight is 139 g/mol. The second-order valence-electron chi connectivity index (χ2n) is 2.49. The van der Waals surface area contributed by atoms with Gasteiger partial charge < -0.3 is 0 Å². The number of nitrogens with one attached hydrogen (secondary N) is 1. The minimum Gasteiger partial charge on any atom is -0.222 e. The molecule has 0 fully saturated rings. The fourth-order valence-corrected chi connectivity index (χ4v) is 0.945. The molecule has 1 N–H and O–H groups in total. The largest absolute Gasteiger partial charge is 0.231 e. The smallest absolute Gasteiger partial charge is 0.222 e. The van der Waals surface area contributed by atoms with E-state index in [1.165, 1.54) is 19.3 Å². The third-order valence-corrected chi connectivity index (χ3v) is 1.53. The quantitative estimate of drug-likeness (QED) is 0.312. The third-order valence-electron chi connectivity index (χ3n) is 1.53. The van der Waals surface area contributed by atoms with Gasteiger partial charge in [0.2, 0.25) is 6.08 Å². The van der Waals surface area contributed by atoms with Crippen LogP contribution in [-0.2, 0) is 4.79 Å². The summed E-state index contributed by atoms with van der Waals surface area (Å²) in [6, 6.07) is 0. The molecule has 10 heavy (non-hydrogen) atoms. The Morgan fingerprint density at radius 1 is 1.60 bits per heavy atom. The first kappa shape index (κ1) is 9.12. The minimum absolute atomic E-state index is 0.750. The number of hydrogen-bond acceptors (Lipinski definition) is 2. The van der Waals surface area contributed by atoms with E-state index in [0.29, 0.717) is 0 Å². The molecule has 2 nitrogen and oxygen atoms in total. The predicted octanol–water partition coefficient (Wildman–Crippen LogP) is 2.26. The van der Waals surface area contributed by atoms with Gasteiger partial charge in [-0.3, -0.25) is 0 Å². The summed E-state index contributed by atoms with van der Waals surface area (Å²) in [6.07, 6.45) is 9.33. The molecule has 0 saturated carbocycles. The molecule has 0 heterocycles. The van der Waals surface area contributed by atoms with Gasteiger partial charge in [0.05, 0.1) is 0 Å². The zero-order valence-corrected chi connectivity index (χ0v) is 6.26. The molecule has 1 unspecified atom stereocenters. The van der Waals surface area contributed by atoms with Crippen LogP contribution in [0.4, 0.5) is 0 Å². The Balaban J connectivity index is 0.000000236. The molecule has 56 valence electrons. The van der Waals surface area contributed by atoms with Crippen molar-refractivity contribution in [1.29, 1.82) is 5.41 Å². The van der Waals surface area contributed by atoms with Crippen molar-refractivity contribution in [3.63, 3.8) is 0 Å². The summed E-state index contributed by atoms with van der Waals surface area (Å²) in [5.74, 6) is 0.949. The van der Waals surface area contributed by atoms with Gasteiger partial charge in [0, 0.05) is 0 Å². The second-order valence-corrected chi connectivity index (χ2v) is 2.49. The molecule has 0 amide bonds. The van der Waals surface area contributed by atoms with Gasteiger partial charge >= 0.3 is 0 Å². The summed E-state index contributed by atoms with van der Waals surface area (Å²) in [5.41, 5.74) is 0. The molecule has 0 aromatic heterocycles.